The second kappa shape index (κ2) is 3.16. The van der Waals surface area contributed by atoms with Crippen LogP contribution in [0.25, 0.3) is 10.1 Å². The lowest BCUT2D eigenvalue weighted by Gasteiger charge is -2.04. The number of phenolic OH excluding ortho intramolecular Hbond substituents is 1. The van der Waals surface area contributed by atoms with E-state index in [9.17, 15) is 18.3 Å². The molecule has 0 spiro atoms. The molecule has 0 amide bonds. The Labute approximate surface area is 81.4 Å². The summed E-state index contributed by atoms with van der Waals surface area (Å²) in [4.78, 5) is 0. The van der Waals surface area contributed by atoms with Crippen LogP contribution in [0.2, 0.25) is 0 Å². The summed E-state index contributed by atoms with van der Waals surface area (Å²) in [5, 5.41) is 11.2. The molecular formula is C9H5F3OS. The molecule has 0 saturated heterocycles. The number of rotatable bonds is 1. The van der Waals surface area contributed by atoms with E-state index in [4.69, 9.17) is 0 Å². The number of benzene rings is 1. The molecule has 14 heavy (non-hydrogen) atoms. The Hall–Kier alpha value is -1.23. The van der Waals surface area contributed by atoms with Gasteiger partial charge in [-0.05, 0) is 17.5 Å². The lowest BCUT2D eigenvalue weighted by Crippen LogP contribution is -1.90. The van der Waals surface area contributed by atoms with Gasteiger partial charge in [-0.2, -0.15) is 0 Å². The Balaban J connectivity index is 2.80. The number of phenols is 1. The lowest BCUT2D eigenvalue weighted by molar-refractivity contribution is 0.145. The summed E-state index contributed by atoms with van der Waals surface area (Å²) in [6, 6.07) is 2.56. The van der Waals surface area contributed by atoms with Crippen molar-refractivity contribution < 1.29 is 18.3 Å². The zero-order chi connectivity index (χ0) is 10.3. The van der Waals surface area contributed by atoms with Crippen LogP contribution in [0.5, 0.6) is 5.75 Å². The number of thiophene rings is 1. The number of aromatic hydroxyl groups is 1. The van der Waals surface area contributed by atoms with Crippen molar-refractivity contribution in [1.82, 2.24) is 0 Å². The van der Waals surface area contributed by atoms with Crippen molar-refractivity contribution in [3.05, 3.63) is 28.9 Å². The summed E-state index contributed by atoms with van der Waals surface area (Å²) < 4.78 is 38.2. The predicted molar refractivity (Wildman–Crippen MR) is 48.4 cm³/mol. The molecule has 5 heteroatoms. The van der Waals surface area contributed by atoms with Gasteiger partial charge in [0.05, 0.1) is 5.56 Å². The van der Waals surface area contributed by atoms with Gasteiger partial charge < -0.3 is 5.11 Å². The zero-order valence-electron chi connectivity index (χ0n) is 6.80. The zero-order valence-corrected chi connectivity index (χ0v) is 7.62. The van der Waals surface area contributed by atoms with Crippen LogP contribution in [0, 0.1) is 5.82 Å². The molecule has 74 valence electrons. The van der Waals surface area contributed by atoms with E-state index in [1.807, 2.05) is 0 Å². The number of hydrogen-bond donors (Lipinski definition) is 1. The molecule has 1 heterocycles. The quantitative estimate of drug-likeness (QED) is 0.774. The lowest BCUT2D eigenvalue weighted by atomic mass is 10.1. The molecule has 0 atom stereocenters. The van der Waals surface area contributed by atoms with Gasteiger partial charge in [0.25, 0.3) is 6.43 Å². The maximum Gasteiger partial charge on any atom is 0.266 e. The highest BCUT2D eigenvalue weighted by atomic mass is 32.1. The van der Waals surface area contributed by atoms with Crippen molar-refractivity contribution in [1.29, 1.82) is 0 Å². The topological polar surface area (TPSA) is 20.2 Å². The molecule has 2 aromatic rings. The van der Waals surface area contributed by atoms with E-state index in [1.54, 1.807) is 5.38 Å². The van der Waals surface area contributed by atoms with Crippen LogP contribution < -0.4 is 0 Å². The second-order valence-electron chi connectivity index (χ2n) is 2.76. The van der Waals surface area contributed by atoms with Crippen molar-refractivity contribution in [2.45, 2.75) is 6.43 Å². The van der Waals surface area contributed by atoms with Gasteiger partial charge in [-0.15, -0.1) is 11.3 Å². The fraction of sp³-hybridized carbons (Fsp3) is 0.111. The molecule has 2 rings (SSSR count). The highest BCUT2D eigenvalue weighted by molar-refractivity contribution is 7.17. The fourth-order valence-corrected chi connectivity index (χ4v) is 2.08. The van der Waals surface area contributed by atoms with Gasteiger partial charge in [0.15, 0.2) is 11.6 Å². The van der Waals surface area contributed by atoms with Crippen molar-refractivity contribution in [3.8, 4) is 5.75 Å². The van der Waals surface area contributed by atoms with Gasteiger partial charge >= 0.3 is 0 Å². The molecule has 0 fully saturated rings. The summed E-state index contributed by atoms with van der Waals surface area (Å²) in [5.41, 5.74) is -0.752. The summed E-state index contributed by atoms with van der Waals surface area (Å²) in [5.74, 6) is -1.93. The maximum absolute atomic E-state index is 13.1. The van der Waals surface area contributed by atoms with Crippen molar-refractivity contribution >= 4 is 21.4 Å². The van der Waals surface area contributed by atoms with Crippen LogP contribution in [0.1, 0.15) is 12.0 Å². The third kappa shape index (κ3) is 1.24. The normalized spacial score (nSPS) is 11.4. The standard InChI is InChI=1S/C9H5F3OS/c10-7-5(9(11)12)3-6-4(8(7)13)1-2-14-6/h1-3,9,13H. The first kappa shape index (κ1) is 9.33. The molecule has 1 N–H and O–H groups in total. The van der Waals surface area contributed by atoms with Gasteiger partial charge in [0.1, 0.15) is 0 Å². The Morgan fingerprint density at radius 1 is 1.36 bits per heavy atom. The Kier molecular flexibility index (Phi) is 2.11. The van der Waals surface area contributed by atoms with Gasteiger partial charge in [0.2, 0.25) is 0 Å². The monoisotopic (exact) mass is 218 g/mol. The Morgan fingerprint density at radius 3 is 2.71 bits per heavy atom. The Bertz CT molecular complexity index is 478. The summed E-state index contributed by atoms with van der Waals surface area (Å²) in [6.07, 6.45) is -2.91. The van der Waals surface area contributed by atoms with Gasteiger partial charge in [0, 0.05) is 10.1 Å². The molecule has 0 saturated carbocycles. The first-order valence-corrected chi connectivity index (χ1v) is 4.66. The highest BCUT2D eigenvalue weighted by Crippen LogP contribution is 2.37. The van der Waals surface area contributed by atoms with Crippen molar-refractivity contribution in [3.63, 3.8) is 0 Å². The van der Waals surface area contributed by atoms with Crippen LogP contribution in [0.4, 0.5) is 13.2 Å². The average Bonchev–Trinajstić information content (AvgIpc) is 2.58. The molecule has 0 aliphatic rings. The van der Waals surface area contributed by atoms with Crippen molar-refractivity contribution in [2.24, 2.45) is 0 Å². The highest BCUT2D eigenvalue weighted by Gasteiger charge is 2.19. The van der Waals surface area contributed by atoms with Gasteiger partial charge in [-0.25, -0.2) is 13.2 Å². The van der Waals surface area contributed by atoms with Crippen LogP contribution in [-0.4, -0.2) is 5.11 Å². The number of halogens is 3. The summed E-state index contributed by atoms with van der Waals surface area (Å²) >= 11 is 1.18. The first-order chi connectivity index (χ1) is 6.61. The minimum Gasteiger partial charge on any atom is -0.504 e. The van der Waals surface area contributed by atoms with Crippen LogP contribution in [0.15, 0.2) is 17.5 Å². The van der Waals surface area contributed by atoms with Crippen LogP contribution in [-0.2, 0) is 0 Å². The maximum atomic E-state index is 13.1. The van der Waals surface area contributed by atoms with Crippen LogP contribution >= 0.6 is 11.3 Å². The molecule has 0 unspecified atom stereocenters. The van der Waals surface area contributed by atoms with E-state index < -0.39 is 23.6 Å². The fourth-order valence-electron chi connectivity index (χ4n) is 1.25. The third-order valence-corrected chi connectivity index (χ3v) is 2.80. The summed E-state index contributed by atoms with van der Waals surface area (Å²) in [7, 11) is 0. The molecule has 0 bridgehead atoms. The van der Waals surface area contributed by atoms with Gasteiger partial charge in [-0.1, -0.05) is 0 Å². The number of hydrogen-bond acceptors (Lipinski definition) is 2. The van der Waals surface area contributed by atoms with Gasteiger partial charge in [-0.3, -0.25) is 0 Å². The van der Waals surface area contributed by atoms with E-state index in [-0.39, 0.29) is 5.39 Å². The molecule has 1 aromatic carbocycles. The third-order valence-electron chi connectivity index (χ3n) is 1.93. The minimum atomic E-state index is -2.91. The molecule has 1 nitrogen and oxygen atoms in total. The molecule has 1 aromatic heterocycles. The van der Waals surface area contributed by atoms with E-state index in [0.717, 1.165) is 6.07 Å². The first-order valence-electron chi connectivity index (χ1n) is 3.78. The largest absolute Gasteiger partial charge is 0.504 e. The Morgan fingerprint density at radius 2 is 2.07 bits per heavy atom. The van der Waals surface area contributed by atoms with Crippen LogP contribution in [0.3, 0.4) is 0 Å². The molecule has 0 aliphatic heterocycles. The SMILES string of the molecule is Oc1c(F)c(C(F)F)cc2sccc12. The van der Waals surface area contributed by atoms with E-state index >= 15 is 0 Å². The smallest absolute Gasteiger partial charge is 0.266 e. The second-order valence-corrected chi connectivity index (χ2v) is 3.71. The number of fused-ring (bicyclic) bond motifs is 1. The predicted octanol–water partition coefficient (Wildman–Crippen LogP) is 3.68. The van der Waals surface area contributed by atoms with E-state index in [0.29, 0.717) is 4.70 Å². The van der Waals surface area contributed by atoms with E-state index in [1.165, 1.54) is 17.4 Å². The molecule has 0 aliphatic carbocycles. The molecule has 0 radical (unpaired) electrons. The summed E-state index contributed by atoms with van der Waals surface area (Å²) in [6.45, 7) is 0. The average molecular weight is 218 g/mol. The number of alkyl halides is 2. The molecular weight excluding hydrogens is 213 g/mol. The minimum absolute atomic E-state index is 0.275. The van der Waals surface area contributed by atoms with E-state index in [2.05, 4.69) is 0 Å². The van der Waals surface area contributed by atoms with Crippen molar-refractivity contribution in [2.75, 3.05) is 0 Å².